The highest BCUT2D eigenvalue weighted by Gasteiger charge is 2.11. The fourth-order valence-corrected chi connectivity index (χ4v) is 3.41. The summed E-state index contributed by atoms with van der Waals surface area (Å²) in [6.07, 6.45) is 3.44. The summed E-state index contributed by atoms with van der Waals surface area (Å²) in [5.74, 6) is 3.45. The molecule has 32 heavy (non-hydrogen) atoms. The van der Waals surface area contributed by atoms with E-state index >= 15 is 0 Å². The minimum Gasteiger partial charge on any atom is -0.493 e. The molecule has 0 unspecified atom stereocenters. The molecule has 2 aromatic heterocycles. The first kappa shape index (κ1) is 21.6. The molecule has 0 saturated carbocycles. The van der Waals surface area contributed by atoms with Gasteiger partial charge in [-0.1, -0.05) is 19.9 Å². The number of hydrogen-bond donors (Lipinski definition) is 2. The Hall–Kier alpha value is -3.58. The molecule has 2 N–H and O–H groups in total. The molecule has 0 radical (unpaired) electrons. The molecule has 2 aromatic carbocycles. The standard InChI is InChI=1S/C25H28N4O3/c1-17(2)15-31-20-5-4-6-21(14-20)32-23-8-7-19(13-18(23)3)28-25-24-22(26-16-27-25)9-10-29(24)11-12-30/h4-10,13-14,16-17,30H,11-12,15H2,1-3H3,(H,26,27,28). The first-order chi connectivity index (χ1) is 15.5. The summed E-state index contributed by atoms with van der Waals surface area (Å²) in [6, 6.07) is 15.5. The molecule has 0 saturated heterocycles. The van der Waals surface area contributed by atoms with Gasteiger partial charge in [-0.2, -0.15) is 0 Å². The van der Waals surface area contributed by atoms with E-state index in [0.717, 1.165) is 39.5 Å². The molecule has 0 aliphatic heterocycles. The number of aryl methyl sites for hydroxylation is 1. The van der Waals surface area contributed by atoms with Crippen molar-refractivity contribution in [3.05, 3.63) is 66.6 Å². The molecule has 7 heteroatoms. The molecule has 4 rings (SSSR count). The number of rotatable bonds is 9. The molecule has 0 aliphatic rings. The topological polar surface area (TPSA) is 81.4 Å². The molecule has 0 aliphatic carbocycles. The number of ether oxygens (including phenoxy) is 2. The van der Waals surface area contributed by atoms with Crippen molar-refractivity contribution in [2.24, 2.45) is 5.92 Å². The number of nitrogens with one attached hydrogen (secondary N) is 1. The van der Waals surface area contributed by atoms with Gasteiger partial charge in [0.25, 0.3) is 0 Å². The van der Waals surface area contributed by atoms with E-state index in [-0.39, 0.29) is 6.61 Å². The van der Waals surface area contributed by atoms with Crippen LogP contribution in [0.25, 0.3) is 11.0 Å². The number of anilines is 2. The van der Waals surface area contributed by atoms with E-state index in [1.807, 2.05) is 66.2 Å². The second-order valence-corrected chi connectivity index (χ2v) is 8.08. The van der Waals surface area contributed by atoms with Crippen LogP contribution in [0.2, 0.25) is 0 Å². The van der Waals surface area contributed by atoms with Gasteiger partial charge in [-0.15, -0.1) is 0 Å². The van der Waals surface area contributed by atoms with Crippen molar-refractivity contribution in [2.75, 3.05) is 18.5 Å². The number of aromatic nitrogens is 3. The SMILES string of the molecule is Cc1cc(Nc2ncnc3ccn(CCO)c23)ccc1Oc1cccc(OCC(C)C)c1. The lowest BCUT2D eigenvalue weighted by molar-refractivity contribution is 0.270. The van der Waals surface area contributed by atoms with Crippen LogP contribution in [-0.2, 0) is 6.54 Å². The maximum atomic E-state index is 9.33. The summed E-state index contributed by atoms with van der Waals surface area (Å²) in [5, 5.41) is 12.7. The number of hydrogen-bond acceptors (Lipinski definition) is 6. The molecule has 2 heterocycles. The van der Waals surface area contributed by atoms with Crippen LogP contribution in [0, 0.1) is 12.8 Å². The van der Waals surface area contributed by atoms with E-state index in [1.165, 1.54) is 6.33 Å². The zero-order chi connectivity index (χ0) is 22.5. The maximum Gasteiger partial charge on any atom is 0.158 e. The Morgan fingerprint density at radius 2 is 1.91 bits per heavy atom. The lowest BCUT2D eigenvalue weighted by atomic mass is 10.2. The highest BCUT2D eigenvalue weighted by Crippen LogP contribution is 2.31. The second-order valence-electron chi connectivity index (χ2n) is 8.08. The minimum absolute atomic E-state index is 0.0486. The Balaban J connectivity index is 1.52. The van der Waals surface area contributed by atoms with E-state index < -0.39 is 0 Å². The average Bonchev–Trinajstić information content (AvgIpc) is 3.19. The van der Waals surface area contributed by atoms with Crippen molar-refractivity contribution in [2.45, 2.75) is 27.3 Å². The molecule has 0 atom stereocenters. The fraction of sp³-hybridized carbons (Fsp3) is 0.280. The third-order valence-corrected chi connectivity index (χ3v) is 4.95. The third-order valence-electron chi connectivity index (χ3n) is 4.95. The van der Waals surface area contributed by atoms with Gasteiger partial charge in [0.15, 0.2) is 5.82 Å². The van der Waals surface area contributed by atoms with Crippen LogP contribution in [0.5, 0.6) is 17.2 Å². The van der Waals surface area contributed by atoms with Crippen molar-refractivity contribution in [1.29, 1.82) is 0 Å². The van der Waals surface area contributed by atoms with Gasteiger partial charge in [-0.3, -0.25) is 0 Å². The number of fused-ring (bicyclic) bond motifs is 1. The van der Waals surface area contributed by atoms with Crippen LogP contribution in [-0.4, -0.2) is 32.9 Å². The molecule has 0 spiro atoms. The van der Waals surface area contributed by atoms with Gasteiger partial charge in [-0.25, -0.2) is 9.97 Å². The first-order valence-corrected chi connectivity index (χ1v) is 10.7. The number of benzene rings is 2. The fourth-order valence-electron chi connectivity index (χ4n) is 3.41. The summed E-state index contributed by atoms with van der Waals surface area (Å²) in [6.45, 7) is 7.44. The van der Waals surface area contributed by atoms with Crippen molar-refractivity contribution in [1.82, 2.24) is 14.5 Å². The van der Waals surface area contributed by atoms with Gasteiger partial charge in [-0.05, 0) is 54.8 Å². The van der Waals surface area contributed by atoms with Crippen LogP contribution in [0.1, 0.15) is 19.4 Å². The number of aliphatic hydroxyl groups is 1. The molecular weight excluding hydrogens is 404 g/mol. The Morgan fingerprint density at radius 1 is 1.06 bits per heavy atom. The van der Waals surface area contributed by atoms with Crippen molar-refractivity contribution in [3.63, 3.8) is 0 Å². The van der Waals surface area contributed by atoms with Gasteiger partial charge in [0.1, 0.15) is 29.1 Å². The normalized spacial score (nSPS) is 11.2. The van der Waals surface area contributed by atoms with E-state index in [1.54, 1.807) is 0 Å². The smallest absolute Gasteiger partial charge is 0.158 e. The van der Waals surface area contributed by atoms with Gasteiger partial charge in [0.2, 0.25) is 0 Å². The lowest BCUT2D eigenvalue weighted by Gasteiger charge is -2.14. The molecule has 4 aromatic rings. The van der Waals surface area contributed by atoms with Crippen LogP contribution in [0.15, 0.2) is 61.1 Å². The molecule has 7 nitrogen and oxygen atoms in total. The van der Waals surface area contributed by atoms with Crippen LogP contribution < -0.4 is 14.8 Å². The van der Waals surface area contributed by atoms with Gasteiger partial charge >= 0.3 is 0 Å². The zero-order valence-corrected chi connectivity index (χ0v) is 18.6. The third kappa shape index (κ3) is 5.00. The van der Waals surface area contributed by atoms with E-state index in [9.17, 15) is 5.11 Å². The summed E-state index contributed by atoms with van der Waals surface area (Å²) in [4.78, 5) is 8.72. The zero-order valence-electron chi connectivity index (χ0n) is 18.6. The summed E-state index contributed by atoms with van der Waals surface area (Å²) in [5.41, 5.74) is 3.56. The Morgan fingerprint density at radius 3 is 2.69 bits per heavy atom. The quantitative estimate of drug-likeness (QED) is 0.373. The molecule has 0 fully saturated rings. The highest BCUT2D eigenvalue weighted by atomic mass is 16.5. The van der Waals surface area contributed by atoms with Gasteiger partial charge < -0.3 is 24.5 Å². The first-order valence-electron chi connectivity index (χ1n) is 10.7. The average molecular weight is 433 g/mol. The van der Waals surface area contributed by atoms with Gasteiger partial charge in [0.05, 0.1) is 18.7 Å². The van der Waals surface area contributed by atoms with Crippen molar-refractivity contribution in [3.8, 4) is 17.2 Å². The monoisotopic (exact) mass is 432 g/mol. The Labute approximate surface area is 187 Å². The summed E-state index contributed by atoms with van der Waals surface area (Å²) in [7, 11) is 0. The summed E-state index contributed by atoms with van der Waals surface area (Å²) >= 11 is 0. The predicted octanol–water partition coefficient (Wildman–Crippen LogP) is 5.30. The lowest BCUT2D eigenvalue weighted by Crippen LogP contribution is -2.04. The summed E-state index contributed by atoms with van der Waals surface area (Å²) < 4.78 is 13.8. The largest absolute Gasteiger partial charge is 0.493 e. The number of nitrogens with zero attached hydrogens (tertiary/aromatic N) is 3. The minimum atomic E-state index is 0.0486. The van der Waals surface area contributed by atoms with E-state index in [4.69, 9.17) is 9.47 Å². The van der Waals surface area contributed by atoms with Crippen molar-refractivity contribution < 1.29 is 14.6 Å². The molecular formula is C25H28N4O3. The maximum absolute atomic E-state index is 9.33. The van der Waals surface area contributed by atoms with Crippen LogP contribution in [0.4, 0.5) is 11.5 Å². The van der Waals surface area contributed by atoms with Crippen LogP contribution in [0.3, 0.4) is 0 Å². The van der Waals surface area contributed by atoms with E-state index in [0.29, 0.717) is 24.9 Å². The second kappa shape index (κ2) is 9.70. The van der Waals surface area contributed by atoms with Crippen molar-refractivity contribution >= 4 is 22.5 Å². The van der Waals surface area contributed by atoms with Gasteiger partial charge in [0, 0.05) is 24.5 Å². The van der Waals surface area contributed by atoms with E-state index in [2.05, 4.69) is 29.1 Å². The molecule has 166 valence electrons. The predicted molar refractivity (Wildman–Crippen MR) is 126 cm³/mol. The highest BCUT2D eigenvalue weighted by molar-refractivity contribution is 5.88. The number of aliphatic hydroxyl groups excluding tert-OH is 1. The van der Waals surface area contributed by atoms with Crippen LogP contribution >= 0.6 is 0 Å². The Kier molecular flexibility index (Phi) is 6.56. The molecule has 0 bridgehead atoms. The molecule has 0 amide bonds. The Bertz CT molecular complexity index is 1200.